The second-order valence-electron chi connectivity index (χ2n) is 6.07. The largest absolute Gasteiger partial charge is 0.350 e. The van der Waals surface area contributed by atoms with E-state index < -0.39 is 26.4 Å². The monoisotopic (exact) mass is 400 g/mol. The lowest BCUT2D eigenvalue weighted by molar-refractivity contribution is 0.0942. The number of amides is 1. The predicted octanol–water partition coefficient (Wildman–Crippen LogP) is 2.85. The van der Waals surface area contributed by atoms with Gasteiger partial charge in [0.15, 0.2) is 0 Å². The fourth-order valence-corrected chi connectivity index (χ4v) is 3.22. The van der Waals surface area contributed by atoms with Crippen LogP contribution in [0.25, 0.3) is 0 Å². The minimum absolute atomic E-state index is 0.125. The summed E-state index contributed by atoms with van der Waals surface area (Å²) in [6.45, 7) is 0.173. The van der Waals surface area contributed by atoms with Crippen LogP contribution >= 0.6 is 0 Å². The van der Waals surface area contributed by atoms with Gasteiger partial charge in [-0.2, -0.15) is 8.78 Å². The van der Waals surface area contributed by atoms with Crippen molar-refractivity contribution < 1.29 is 26.4 Å². The smallest absolute Gasteiger partial charge is 0.341 e. The minimum Gasteiger partial charge on any atom is -0.350 e. The molecule has 1 amide bonds. The van der Waals surface area contributed by atoms with Crippen LogP contribution in [0, 0.1) is 5.82 Å². The maximum atomic E-state index is 13.4. The van der Waals surface area contributed by atoms with Crippen molar-refractivity contribution in [3.8, 4) is 0 Å². The molecule has 0 saturated carbocycles. The fraction of sp³-hybridized carbons (Fsp3) is 0.278. The summed E-state index contributed by atoms with van der Waals surface area (Å²) in [5, 5.41) is 2.68. The number of nitrogens with one attached hydrogen (secondary N) is 1. The molecule has 0 aliphatic heterocycles. The van der Waals surface area contributed by atoms with E-state index >= 15 is 0 Å². The van der Waals surface area contributed by atoms with E-state index in [1.165, 1.54) is 12.1 Å². The summed E-state index contributed by atoms with van der Waals surface area (Å²) < 4.78 is 61.3. The van der Waals surface area contributed by atoms with Crippen molar-refractivity contribution in [2.45, 2.75) is 16.7 Å². The molecule has 1 N–H and O–H groups in total. The van der Waals surface area contributed by atoms with Crippen LogP contribution in [0.2, 0.25) is 0 Å². The molecule has 0 fully saturated rings. The highest BCUT2D eigenvalue weighted by atomic mass is 32.2. The maximum absolute atomic E-state index is 13.4. The quantitative estimate of drug-likeness (QED) is 0.776. The Morgan fingerprint density at radius 2 is 1.74 bits per heavy atom. The van der Waals surface area contributed by atoms with Gasteiger partial charge in [-0.1, -0.05) is 12.1 Å². The number of carbonyl (C=O) groups is 1. The van der Waals surface area contributed by atoms with Gasteiger partial charge in [-0.25, -0.2) is 12.8 Å². The van der Waals surface area contributed by atoms with E-state index in [-0.39, 0.29) is 24.0 Å². The third-order valence-electron chi connectivity index (χ3n) is 3.99. The van der Waals surface area contributed by atoms with E-state index in [0.717, 1.165) is 24.3 Å². The fourth-order valence-electron chi connectivity index (χ4n) is 2.50. The molecule has 27 heavy (non-hydrogen) atoms. The Bertz CT molecular complexity index is 900. The van der Waals surface area contributed by atoms with E-state index in [2.05, 4.69) is 5.32 Å². The number of carbonyl (C=O) groups excluding carboxylic acids is 1. The molecule has 0 heterocycles. The Kier molecular flexibility index (Phi) is 6.61. The zero-order valence-electron chi connectivity index (χ0n) is 14.7. The lowest BCUT2D eigenvalue weighted by Crippen LogP contribution is -2.34. The van der Waals surface area contributed by atoms with Crippen molar-refractivity contribution in [2.24, 2.45) is 0 Å². The van der Waals surface area contributed by atoms with Crippen molar-refractivity contribution in [2.75, 3.05) is 20.6 Å². The first-order chi connectivity index (χ1) is 12.6. The molecular formula is C18H19F3N2O3S. The number of nitrogens with zero attached hydrogens (tertiary/aromatic N) is 1. The van der Waals surface area contributed by atoms with E-state index in [1.807, 2.05) is 4.90 Å². The van der Waals surface area contributed by atoms with Gasteiger partial charge in [0.2, 0.25) is 9.84 Å². The molecule has 0 aliphatic rings. The van der Waals surface area contributed by atoms with E-state index in [0.29, 0.717) is 5.56 Å². The number of alkyl halides is 2. The SMILES string of the molecule is CN(C)[C@@H](CNC(=O)c1ccc(S(=O)(=O)C(F)F)cc1)c1cccc(F)c1. The van der Waals surface area contributed by atoms with Gasteiger partial charge >= 0.3 is 5.76 Å². The van der Waals surface area contributed by atoms with Crippen LogP contribution in [0.1, 0.15) is 22.0 Å². The Hall–Kier alpha value is -2.39. The van der Waals surface area contributed by atoms with Crippen molar-refractivity contribution in [1.82, 2.24) is 10.2 Å². The van der Waals surface area contributed by atoms with Crippen molar-refractivity contribution in [3.63, 3.8) is 0 Å². The van der Waals surface area contributed by atoms with E-state index in [4.69, 9.17) is 0 Å². The maximum Gasteiger partial charge on any atom is 0.341 e. The number of halogens is 3. The van der Waals surface area contributed by atoms with Gasteiger partial charge in [0, 0.05) is 12.1 Å². The Labute approximate surface area is 155 Å². The minimum atomic E-state index is -4.70. The zero-order valence-corrected chi connectivity index (χ0v) is 15.5. The average Bonchev–Trinajstić information content (AvgIpc) is 2.61. The first-order valence-corrected chi connectivity index (χ1v) is 9.49. The molecule has 0 bridgehead atoms. The van der Waals surface area contributed by atoms with Gasteiger partial charge in [-0.15, -0.1) is 0 Å². The summed E-state index contributed by atoms with van der Waals surface area (Å²) in [5.41, 5.74) is 0.804. The molecule has 0 aliphatic carbocycles. The molecule has 0 unspecified atom stereocenters. The molecule has 1 atom stereocenters. The van der Waals surface area contributed by atoms with Crippen LogP contribution < -0.4 is 5.32 Å². The molecule has 0 saturated heterocycles. The summed E-state index contributed by atoms with van der Waals surface area (Å²) in [6, 6.07) is 9.98. The highest BCUT2D eigenvalue weighted by Gasteiger charge is 2.26. The summed E-state index contributed by atoms with van der Waals surface area (Å²) in [7, 11) is -1.14. The summed E-state index contributed by atoms with van der Waals surface area (Å²) in [6.07, 6.45) is 0. The van der Waals surface area contributed by atoms with Crippen LogP contribution in [-0.2, 0) is 9.84 Å². The van der Waals surface area contributed by atoms with Gasteiger partial charge in [-0.05, 0) is 56.1 Å². The van der Waals surface area contributed by atoms with Gasteiger partial charge < -0.3 is 10.2 Å². The van der Waals surface area contributed by atoms with Crippen LogP contribution in [0.3, 0.4) is 0 Å². The molecule has 2 aromatic carbocycles. The number of hydrogen-bond donors (Lipinski definition) is 1. The second-order valence-corrected chi connectivity index (χ2v) is 7.99. The molecule has 2 aromatic rings. The number of sulfone groups is 1. The molecule has 9 heteroatoms. The second kappa shape index (κ2) is 8.53. The molecule has 5 nitrogen and oxygen atoms in total. The van der Waals surface area contributed by atoms with Gasteiger partial charge in [0.25, 0.3) is 5.91 Å². The lowest BCUT2D eigenvalue weighted by Gasteiger charge is -2.25. The molecule has 0 spiro atoms. The highest BCUT2D eigenvalue weighted by Crippen LogP contribution is 2.20. The van der Waals surface area contributed by atoms with Gasteiger partial charge in [-0.3, -0.25) is 4.79 Å². The molecular weight excluding hydrogens is 381 g/mol. The third kappa shape index (κ3) is 5.08. The summed E-state index contributed by atoms with van der Waals surface area (Å²) in [5.74, 6) is -4.41. The van der Waals surface area contributed by atoms with Gasteiger partial charge in [0.05, 0.1) is 10.9 Å². The average molecular weight is 400 g/mol. The molecule has 0 aromatic heterocycles. The number of rotatable bonds is 7. The topological polar surface area (TPSA) is 66.5 Å². The number of benzene rings is 2. The summed E-state index contributed by atoms with van der Waals surface area (Å²) in [4.78, 5) is 13.5. The first kappa shape index (κ1) is 20.9. The molecule has 146 valence electrons. The zero-order chi connectivity index (χ0) is 20.2. The Morgan fingerprint density at radius 1 is 1.11 bits per heavy atom. The van der Waals surface area contributed by atoms with Crippen molar-refractivity contribution in [3.05, 3.63) is 65.5 Å². The number of hydrogen-bond acceptors (Lipinski definition) is 4. The van der Waals surface area contributed by atoms with Crippen molar-refractivity contribution in [1.29, 1.82) is 0 Å². The highest BCUT2D eigenvalue weighted by molar-refractivity contribution is 7.91. The van der Waals surface area contributed by atoms with Crippen LogP contribution in [0.4, 0.5) is 13.2 Å². The Balaban J connectivity index is 2.10. The molecule has 0 radical (unpaired) electrons. The van der Waals surface area contributed by atoms with E-state index in [1.54, 1.807) is 26.2 Å². The number of likely N-dealkylation sites (N-methyl/N-ethyl adjacent to an activating group) is 1. The normalized spacial score (nSPS) is 13.0. The third-order valence-corrected chi connectivity index (χ3v) is 5.39. The lowest BCUT2D eigenvalue weighted by atomic mass is 10.1. The van der Waals surface area contributed by atoms with Crippen LogP contribution in [0.15, 0.2) is 53.4 Å². The summed E-state index contributed by atoms with van der Waals surface area (Å²) >= 11 is 0. The molecule has 2 rings (SSSR count). The first-order valence-electron chi connectivity index (χ1n) is 7.95. The van der Waals surface area contributed by atoms with Crippen molar-refractivity contribution >= 4 is 15.7 Å². The van der Waals surface area contributed by atoms with Gasteiger partial charge in [0.1, 0.15) is 5.82 Å². The predicted molar refractivity (Wildman–Crippen MR) is 94.8 cm³/mol. The standard InChI is InChI=1S/C18H19F3N2O3S/c1-23(2)16(13-4-3-5-14(19)10-13)11-22-17(24)12-6-8-15(9-7-12)27(25,26)18(20)21/h3-10,16,18H,11H2,1-2H3,(H,22,24)/t16-/m0/s1. The van der Waals surface area contributed by atoms with Crippen LogP contribution in [-0.4, -0.2) is 45.6 Å². The van der Waals surface area contributed by atoms with E-state index in [9.17, 15) is 26.4 Å². The Morgan fingerprint density at radius 3 is 2.26 bits per heavy atom. The van der Waals surface area contributed by atoms with Crippen LogP contribution in [0.5, 0.6) is 0 Å².